The smallest absolute Gasteiger partial charge is 0.119 e. The number of hydrogen-bond acceptors (Lipinski definition) is 2. The molecule has 18 heavy (non-hydrogen) atoms. The Morgan fingerprint density at radius 2 is 2.28 bits per heavy atom. The maximum atomic E-state index is 6.56. The zero-order valence-electron chi connectivity index (χ0n) is 11.2. The van der Waals surface area contributed by atoms with Crippen molar-refractivity contribution < 1.29 is 4.74 Å². The van der Waals surface area contributed by atoms with Crippen LogP contribution in [-0.4, -0.2) is 12.6 Å². The predicted octanol–water partition coefficient (Wildman–Crippen LogP) is 3.91. The summed E-state index contributed by atoms with van der Waals surface area (Å²) >= 11 is 3.61. The Morgan fingerprint density at radius 1 is 1.50 bits per heavy atom. The van der Waals surface area contributed by atoms with E-state index in [4.69, 9.17) is 10.5 Å². The van der Waals surface area contributed by atoms with Crippen molar-refractivity contribution in [3.63, 3.8) is 0 Å². The quantitative estimate of drug-likeness (QED) is 0.915. The van der Waals surface area contributed by atoms with Crippen LogP contribution in [0.25, 0.3) is 0 Å². The second-order valence-corrected chi connectivity index (χ2v) is 6.37. The van der Waals surface area contributed by atoms with Crippen molar-refractivity contribution in [2.45, 2.75) is 44.6 Å². The number of ether oxygens (including phenoxy) is 1. The molecule has 1 aliphatic rings. The van der Waals surface area contributed by atoms with Crippen LogP contribution in [0.3, 0.4) is 0 Å². The Hall–Kier alpha value is -0.540. The van der Waals surface area contributed by atoms with E-state index >= 15 is 0 Å². The molecule has 0 amide bonds. The highest BCUT2D eigenvalue weighted by atomic mass is 79.9. The molecule has 2 rings (SSSR count). The van der Waals surface area contributed by atoms with Gasteiger partial charge in [-0.1, -0.05) is 29.3 Å². The lowest BCUT2D eigenvalue weighted by molar-refractivity contribution is 0.400. The van der Waals surface area contributed by atoms with Crippen molar-refractivity contribution in [1.82, 2.24) is 0 Å². The summed E-state index contributed by atoms with van der Waals surface area (Å²) < 4.78 is 6.42. The van der Waals surface area contributed by atoms with Crippen LogP contribution in [-0.2, 0) is 6.42 Å². The van der Waals surface area contributed by atoms with Crippen LogP contribution < -0.4 is 10.5 Å². The van der Waals surface area contributed by atoms with Gasteiger partial charge in [0.25, 0.3) is 0 Å². The van der Waals surface area contributed by atoms with Gasteiger partial charge in [0.1, 0.15) is 5.75 Å². The minimum Gasteiger partial charge on any atom is -0.497 e. The third kappa shape index (κ3) is 3.07. The molecule has 2 atom stereocenters. The molecular weight excluding hydrogens is 290 g/mol. The Bertz CT molecular complexity index is 421. The van der Waals surface area contributed by atoms with Gasteiger partial charge in [0.15, 0.2) is 0 Å². The molecule has 1 saturated carbocycles. The van der Waals surface area contributed by atoms with Gasteiger partial charge in [-0.15, -0.1) is 0 Å². The summed E-state index contributed by atoms with van der Waals surface area (Å²) in [7, 11) is 1.70. The molecule has 0 bridgehead atoms. The van der Waals surface area contributed by atoms with Crippen molar-refractivity contribution in [1.29, 1.82) is 0 Å². The molecule has 0 saturated heterocycles. The summed E-state index contributed by atoms with van der Waals surface area (Å²) in [4.78, 5) is 0. The maximum Gasteiger partial charge on any atom is 0.119 e. The van der Waals surface area contributed by atoms with E-state index in [1.54, 1.807) is 7.11 Å². The Morgan fingerprint density at radius 3 is 2.89 bits per heavy atom. The van der Waals surface area contributed by atoms with Gasteiger partial charge < -0.3 is 10.5 Å². The molecule has 2 unspecified atom stereocenters. The van der Waals surface area contributed by atoms with E-state index in [0.29, 0.717) is 0 Å². The third-order valence-electron chi connectivity index (χ3n) is 4.12. The third-order valence-corrected chi connectivity index (χ3v) is 4.89. The lowest BCUT2D eigenvalue weighted by Crippen LogP contribution is -2.39. The fraction of sp³-hybridized carbons (Fsp3) is 0.600. The molecule has 2 N–H and O–H groups in total. The van der Waals surface area contributed by atoms with E-state index in [9.17, 15) is 0 Å². The van der Waals surface area contributed by atoms with E-state index in [1.165, 1.54) is 18.4 Å². The average molecular weight is 312 g/mol. The van der Waals surface area contributed by atoms with Crippen LogP contribution in [0.2, 0.25) is 0 Å². The number of halogens is 1. The number of benzene rings is 1. The van der Waals surface area contributed by atoms with Gasteiger partial charge in [0.2, 0.25) is 0 Å². The van der Waals surface area contributed by atoms with Gasteiger partial charge in [-0.3, -0.25) is 0 Å². The monoisotopic (exact) mass is 311 g/mol. The zero-order chi connectivity index (χ0) is 13.2. The maximum absolute atomic E-state index is 6.56. The highest BCUT2D eigenvalue weighted by molar-refractivity contribution is 9.10. The fourth-order valence-corrected chi connectivity index (χ4v) is 3.36. The molecule has 0 aromatic heterocycles. The van der Waals surface area contributed by atoms with Gasteiger partial charge in [0, 0.05) is 10.0 Å². The summed E-state index contributed by atoms with van der Waals surface area (Å²) in [5.41, 5.74) is 7.78. The highest BCUT2D eigenvalue weighted by Crippen LogP contribution is 2.38. The molecule has 100 valence electrons. The number of methoxy groups -OCH3 is 1. The predicted molar refractivity (Wildman–Crippen MR) is 78.9 cm³/mol. The molecule has 1 aliphatic carbocycles. The molecular formula is C15H22BrNO. The molecule has 2 nitrogen and oxygen atoms in total. The van der Waals surface area contributed by atoms with Crippen molar-refractivity contribution in [3.05, 3.63) is 28.2 Å². The molecule has 0 aliphatic heterocycles. The molecule has 0 spiro atoms. The lowest BCUT2D eigenvalue weighted by atomic mass is 9.89. The minimum atomic E-state index is -0.0322. The van der Waals surface area contributed by atoms with Crippen molar-refractivity contribution >= 4 is 15.9 Å². The topological polar surface area (TPSA) is 35.2 Å². The van der Waals surface area contributed by atoms with Crippen LogP contribution in [0.4, 0.5) is 0 Å². The molecule has 1 aromatic rings. The average Bonchev–Trinajstić information content (AvgIpc) is 2.74. The SMILES string of the molecule is CCC1CCC(N)(Cc2cc(OC)ccc2Br)C1. The summed E-state index contributed by atoms with van der Waals surface area (Å²) in [6.45, 7) is 2.26. The van der Waals surface area contributed by atoms with E-state index in [1.807, 2.05) is 12.1 Å². The van der Waals surface area contributed by atoms with Gasteiger partial charge in [-0.2, -0.15) is 0 Å². The van der Waals surface area contributed by atoms with Gasteiger partial charge >= 0.3 is 0 Å². The fourth-order valence-electron chi connectivity index (χ4n) is 2.97. The van der Waals surface area contributed by atoms with Gasteiger partial charge in [-0.05, 0) is 55.4 Å². The van der Waals surface area contributed by atoms with Crippen LogP contribution >= 0.6 is 15.9 Å². The van der Waals surface area contributed by atoms with Gasteiger partial charge in [-0.25, -0.2) is 0 Å². The summed E-state index contributed by atoms with van der Waals surface area (Å²) in [5, 5.41) is 0. The van der Waals surface area contributed by atoms with E-state index in [-0.39, 0.29) is 5.54 Å². The summed E-state index contributed by atoms with van der Waals surface area (Å²) in [6, 6.07) is 6.11. The van der Waals surface area contributed by atoms with Crippen LogP contribution in [0.1, 0.15) is 38.2 Å². The minimum absolute atomic E-state index is 0.0322. The lowest BCUT2D eigenvalue weighted by Gasteiger charge is -2.25. The summed E-state index contributed by atoms with van der Waals surface area (Å²) in [5.74, 6) is 1.71. The number of hydrogen-bond donors (Lipinski definition) is 1. The van der Waals surface area contributed by atoms with E-state index in [2.05, 4.69) is 28.9 Å². The van der Waals surface area contributed by atoms with Crippen molar-refractivity contribution in [3.8, 4) is 5.75 Å². The first kappa shape index (κ1) is 13.9. The Balaban J connectivity index is 2.13. The first-order chi connectivity index (χ1) is 8.56. The van der Waals surface area contributed by atoms with Crippen LogP contribution in [0.5, 0.6) is 5.75 Å². The Labute approximate surface area is 118 Å². The first-order valence-electron chi connectivity index (χ1n) is 6.67. The van der Waals surface area contributed by atoms with Crippen LogP contribution in [0.15, 0.2) is 22.7 Å². The van der Waals surface area contributed by atoms with Crippen molar-refractivity contribution in [2.75, 3.05) is 7.11 Å². The molecule has 1 fully saturated rings. The zero-order valence-corrected chi connectivity index (χ0v) is 12.8. The molecule has 1 aromatic carbocycles. The van der Waals surface area contributed by atoms with Crippen LogP contribution in [0, 0.1) is 5.92 Å². The van der Waals surface area contributed by atoms with Crippen molar-refractivity contribution in [2.24, 2.45) is 11.7 Å². The number of rotatable bonds is 4. The van der Waals surface area contributed by atoms with E-state index < -0.39 is 0 Å². The molecule has 3 heteroatoms. The Kier molecular flexibility index (Phi) is 4.33. The molecule has 0 heterocycles. The van der Waals surface area contributed by atoms with E-state index in [0.717, 1.165) is 35.4 Å². The standard InChI is InChI=1S/C15H22BrNO/c1-3-11-6-7-15(17,9-11)10-12-8-13(18-2)4-5-14(12)16/h4-5,8,11H,3,6-7,9-10,17H2,1-2H3. The normalized spacial score (nSPS) is 27.4. The molecule has 0 radical (unpaired) electrons. The van der Waals surface area contributed by atoms with Gasteiger partial charge in [0.05, 0.1) is 7.11 Å². The highest BCUT2D eigenvalue weighted by Gasteiger charge is 2.35. The number of nitrogens with two attached hydrogens (primary N) is 1. The first-order valence-corrected chi connectivity index (χ1v) is 7.47. The second kappa shape index (κ2) is 5.62. The summed E-state index contributed by atoms with van der Waals surface area (Å²) in [6.07, 6.45) is 5.73. The largest absolute Gasteiger partial charge is 0.497 e. The second-order valence-electron chi connectivity index (χ2n) is 5.51.